The molecule has 0 aromatic heterocycles. The number of carbonyl (C=O) groups is 1. The van der Waals surface area contributed by atoms with Gasteiger partial charge in [0.25, 0.3) is 5.91 Å². The number of anilines is 2. The first-order valence-electron chi connectivity index (χ1n) is 6.54. The normalized spacial score (nSPS) is 12.6. The van der Waals surface area contributed by atoms with Crippen LogP contribution in [-0.4, -0.2) is 12.5 Å². The molecule has 0 radical (unpaired) electrons. The van der Waals surface area contributed by atoms with E-state index in [0.717, 1.165) is 11.3 Å². The van der Waals surface area contributed by atoms with Gasteiger partial charge in [-0.15, -0.1) is 0 Å². The minimum atomic E-state index is -0.144. The number of ether oxygens (including phenoxy) is 1. The Hall–Kier alpha value is -3.00. The lowest BCUT2D eigenvalue weighted by molar-refractivity contribution is -0.118. The maximum absolute atomic E-state index is 11.3. The van der Waals surface area contributed by atoms with E-state index in [1.54, 1.807) is 12.1 Å². The molecule has 0 saturated carbocycles. The molecule has 0 saturated heterocycles. The Balaban J connectivity index is 1.72. The van der Waals surface area contributed by atoms with Crippen molar-refractivity contribution in [3.05, 3.63) is 53.6 Å². The summed E-state index contributed by atoms with van der Waals surface area (Å²) in [6.45, 7) is 0.656. The van der Waals surface area contributed by atoms with Gasteiger partial charge in [0.15, 0.2) is 6.61 Å². The van der Waals surface area contributed by atoms with Gasteiger partial charge in [-0.1, -0.05) is 12.1 Å². The van der Waals surface area contributed by atoms with Gasteiger partial charge in [-0.2, -0.15) is 5.26 Å². The van der Waals surface area contributed by atoms with Crippen LogP contribution in [0, 0.1) is 11.3 Å². The summed E-state index contributed by atoms with van der Waals surface area (Å²) < 4.78 is 5.32. The van der Waals surface area contributed by atoms with Gasteiger partial charge in [-0.05, 0) is 35.9 Å². The molecule has 104 valence electrons. The van der Waals surface area contributed by atoms with Crippen LogP contribution in [-0.2, 0) is 11.3 Å². The third-order valence-corrected chi connectivity index (χ3v) is 3.17. The van der Waals surface area contributed by atoms with Crippen LogP contribution in [0.2, 0.25) is 0 Å². The van der Waals surface area contributed by atoms with E-state index in [2.05, 4.69) is 16.7 Å². The van der Waals surface area contributed by atoms with E-state index in [1.807, 2.05) is 30.3 Å². The highest BCUT2D eigenvalue weighted by Gasteiger charge is 2.15. The molecular weight excluding hydrogens is 266 g/mol. The largest absolute Gasteiger partial charge is 0.482 e. The average molecular weight is 279 g/mol. The van der Waals surface area contributed by atoms with Crippen LogP contribution in [0.5, 0.6) is 5.75 Å². The van der Waals surface area contributed by atoms with Crippen molar-refractivity contribution >= 4 is 17.3 Å². The van der Waals surface area contributed by atoms with Gasteiger partial charge < -0.3 is 15.4 Å². The standard InChI is InChI=1S/C16H13N3O2/c17-8-11-2-1-3-13(6-11)18-9-12-4-5-15-14(7-12)19-16(20)10-21-15/h1-7,18H,9-10H2,(H,19,20). The molecule has 0 spiro atoms. The Labute approximate surface area is 122 Å². The molecule has 2 aromatic carbocycles. The number of hydrogen-bond donors (Lipinski definition) is 2. The van der Waals surface area contributed by atoms with Crippen LogP contribution >= 0.6 is 0 Å². The zero-order valence-corrected chi connectivity index (χ0v) is 11.2. The molecule has 0 fully saturated rings. The topological polar surface area (TPSA) is 74.2 Å². The molecule has 0 unspecified atom stereocenters. The van der Waals surface area contributed by atoms with Gasteiger partial charge in [0.05, 0.1) is 17.3 Å². The van der Waals surface area contributed by atoms with Gasteiger partial charge in [-0.3, -0.25) is 4.79 Å². The van der Waals surface area contributed by atoms with E-state index in [-0.39, 0.29) is 12.5 Å². The number of benzene rings is 2. The van der Waals surface area contributed by atoms with Crippen molar-refractivity contribution in [3.8, 4) is 11.8 Å². The van der Waals surface area contributed by atoms with Crippen LogP contribution < -0.4 is 15.4 Å². The first-order valence-corrected chi connectivity index (χ1v) is 6.54. The number of carbonyl (C=O) groups excluding carboxylic acids is 1. The summed E-state index contributed by atoms with van der Waals surface area (Å²) in [5.41, 5.74) is 3.20. The second-order valence-electron chi connectivity index (χ2n) is 4.71. The second-order valence-corrected chi connectivity index (χ2v) is 4.71. The fourth-order valence-corrected chi connectivity index (χ4v) is 2.14. The summed E-state index contributed by atoms with van der Waals surface area (Å²) in [5.74, 6) is 0.541. The van der Waals surface area contributed by atoms with E-state index in [9.17, 15) is 4.79 Å². The van der Waals surface area contributed by atoms with Gasteiger partial charge in [0, 0.05) is 12.2 Å². The Morgan fingerprint density at radius 3 is 3.05 bits per heavy atom. The minimum absolute atomic E-state index is 0.0611. The molecule has 1 heterocycles. The Morgan fingerprint density at radius 1 is 1.29 bits per heavy atom. The molecule has 3 rings (SSSR count). The van der Waals surface area contributed by atoms with Gasteiger partial charge in [0.1, 0.15) is 5.75 Å². The predicted molar refractivity (Wildman–Crippen MR) is 79.1 cm³/mol. The third-order valence-electron chi connectivity index (χ3n) is 3.17. The van der Waals surface area contributed by atoms with Crippen molar-refractivity contribution in [1.82, 2.24) is 0 Å². The summed E-state index contributed by atoms with van der Waals surface area (Å²) in [6.07, 6.45) is 0. The number of nitrogens with one attached hydrogen (secondary N) is 2. The second kappa shape index (κ2) is 5.55. The van der Waals surface area contributed by atoms with Crippen LogP contribution in [0.25, 0.3) is 0 Å². The van der Waals surface area contributed by atoms with Gasteiger partial charge in [0.2, 0.25) is 0 Å². The zero-order chi connectivity index (χ0) is 14.7. The van der Waals surface area contributed by atoms with Crippen LogP contribution in [0.15, 0.2) is 42.5 Å². The molecule has 1 amide bonds. The molecule has 2 aromatic rings. The Morgan fingerprint density at radius 2 is 2.19 bits per heavy atom. The highest BCUT2D eigenvalue weighted by molar-refractivity contribution is 5.95. The van der Waals surface area contributed by atoms with Crippen molar-refractivity contribution in [2.45, 2.75) is 6.54 Å². The maximum atomic E-state index is 11.3. The molecule has 0 bridgehead atoms. The molecule has 5 heteroatoms. The first-order chi connectivity index (χ1) is 10.2. The fraction of sp³-hybridized carbons (Fsp3) is 0.125. The molecule has 5 nitrogen and oxygen atoms in total. The lowest BCUT2D eigenvalue weighted by Gasteiger charge is -2.18. The molecular formula is C16H13N3O2. The van der Waals surface area contributed by atoms with Crippen molar-refractivity contribution in [1.29, 1.82) is 5.26 Å². The number of nitriles is 1. The maximum Gasteiger partial charge on any atom is 0.262 e. The van der Waals surface area contributed by atoms with Crippen molar-refractivity contribution in [2.75, 3.05) is 17.2 Å². The fourth-order valence-electron chi connectivity index (χ4n) is 2.14. The van der Waals surface area contributed by atoms with Crippen molar-refractivity contribution in [3.63, 3.8) is 0 Å². The highest BCUT2D eigenvalue weighted by atomic mass is 16.5. The number of fused-ring (bicyclic) bond motifs is 1. The van der Waals surface area contributed by atoms with E-state index in [0.29, 0.717) is 23.5 Å². The van der Waals surface area contributed by atoms with Crippen LogP contribution in [0.3, 0.4) is 0 Å². The lowest BCUT2D eigenvalue weighted by atomic mass is 10.1. The minimum Gasteiger partial charge on any atom is -0.482 e. The molecule has 1 aliphatic rings. The van der Waals surface area contributed by atoms with E-state index in [4.69, 9.17) is 10.00 Å². The summed E-state index contributed by atoms with van der Waals surface area (Å²) >= 11 is 0. The number of nitrogens with zero attached hydrogens (tertiary/aromatic N) is 1. The summed E-state index contributed by atoms with van der Waals surface area (Å²) in [7, 11) is 0. The Kier molecular flexibility index (Phi) is 3.44. The predicted octanol–water partition coefficient (Wildman–Crippen LogP) is 2.50. The average Bonchev–Trinajstić information content (AvgIpc) is 2.52. The van der Waals surface area contributed by atoms with E-state index < -0.39 is 0 Å². The number of rotatable bonds is 3. The van der Waals surface area contributed by atoms with E-state index in [1.165, 1.54) is 0 Å². The van der Waals surface area contributed by atoms with Gasteiger partial charge >= 0.3 is 0 Å². The van der Waals surface area contributed by atoms with Gasteiger partial charge in [-0.25, -0.2) is 0 Å². The summed E-state index contributed by atoms with van der Waals surface area (Å²) in [5, 5.41) is 14.9. The zero-order valence-electron chi connectivity index (χ0n) is 11.2. The van der Waals surface area contributed by atoms with Crippen molar-refractivity contribution < 1.29 is 9.53 Å². The monoisotopic (exact) mass is 279 g/mol. The van der Waals surface area contributed by atoms with Crippen LogP contribution in [0.4, 0.5) is 11.4 Å². The molecule has 2 N–H and O–H groups in total. The number of hydrogen-bond acceptors (Lipinski definition) is 4. The quantitative estimate of drug-likeness (QED) is 0.905. The lowest BCUT2D eigenvalue weighted by Crippen LogP contribution is -2.25. The number of amides is 1. The molecule has 1 aliphatic heterocycles. The third kappa shape index (κ3) is 2.95. The molecule has 0 atom stereocenters. The summed E-state index contributed by atoms with van der Waals surface area (Å²) in [4.78, 5) is 11.3. The Bertz CT molecular complexity index is 735. The molecule has 21 heavy (non-hydrogen) atoms. The molecule has 0 aliphatic carbocycles. The van der Waals surface area contributed by atoms with Crippen molar-refractivity contribution in [2.24, 2.45) is 0 Å². The van der Waals surface area contributed by atoms with E-state index >= 15 is 0 Å². The first kappa shape index (κ1) is 13.0. The smallest absolute Gasteiger partial charge is 0.262 e. The SMILES string of the molecule is N#Cc1cccc(NCc2ccc3c(c2)NC(=O)CO3)c1. The summed E-state index contributed by atoms with van der Waals surface area (Å²) in [6, 6.07) is 15.1. The highest BCUT2D eigenvalue weighted by Crippen LogP contribution is 2.28. The van der Waals surface area contributed by atoms with Crippen LogP contribution in [0.1, 0.15) is 11.1 Å².